The molecule has 1 heterocycles. The Morgan fingerprint density at radius 1 is 0.900 bits per heavy atom. The van der Waals surface area contributed by atoms with E-state index < -0.39 is 40.9 Å². The molecule has 0 N–H and O–H groups in total. The first kappa shape index (κ1) is 23.9. The topological polar surface area (TPSA) is 68.7 Å². The number of alkyl halides is 3. The van der Waals surface area contributed by atoms with Crippen LogP contribution in [0.4, 0.5) is 28.6 Å². The molecular weight excluding hydrogens is 469 g/mol. The number of fused-ring (bicyclic) bond motifs is 1. The molecular formula is C20H22BrF3N2O4. The second-order valence-electron chi connectivity index (χ2n) is 8.44. The predicted octanol–water partition coefficient (Wildman–Crippen LogP) is 6.69. The molecule has 0 bridgehead atoms. The minimum atomic E-state index is -4.93. The van der Waals surface area contributed by atoms with Gasteiger partial charge in [0.25, 0.3) is 0 Å². The third-order valence-corrected chi connectivity index (χ3v) is 4.10. The van der Waals surface area contributed by atoms with Gasteiger partial charge in [-0.15, -0.1) is 0 Å². The van der Waals surface area contributed by atoms with Gasteiger partial charge in [-0.25, -0.2) is 14.6 Å². The normalized spacial score (nSPS) is 12.6. The zero-order valence-corrected chi connectivity index (χ0v) is 18.9. The third kappa shape index (κ3) is 5.62. The van der Waals surface area contributed by atoms with Gasteiger partial charge in [-0.05, 0) is 57.5 Å². The van der Waals surface area contributed by atoms with Gasteiger partial charge in [0.2, 0.25) is 0 Å². The second-order valence-corrected chi connectivity index (χ2v) is 9.19. The number of rotatable bonds is 1. The van der Waals surface area contributed by atoms with Crippen molar-refractivity contribution in [3.8, 4) is 0 Å². The zero-order valence-electron chi connectivity index (χ0n) is 17.3. The first-order valence-electron chi connectivity index (χ1n) is 8.93. The summed E-state index contributed by atoms with van der Waals surface area (Å²) in [6.45, 7) is 9.12. The van der Waals surface area contributed by atoms with Crippen molar-refractivity contribution in [2.45, 2.75) is 58.9 Å². The maximum Gasteiger partial charge on any atom is 0.425 e. The van der Waals surface area contributed by atoms with Crippen LogP contribution in [0.2, 0.25) is 0 Å². The summed E-state index contributed by atoms with van der Waals surface area (Å²) in [7, 11) is 0. The van der Waals surface area contributed by atoms with Crippen molar-refractivity contribution in [2.75, 3.05) is 4.90 Å². The van der Waals surface area contributed by atoms with E-state index in [1.54, 1.807) is 6.07 Å². The molecule has 0 saturated heterocycles. The van der Waals surface area contributed by atoms with Crippen molar-refractivity contribution < 1.29 is 32.2 Å². The van der Waals surface area contributed by atoms with Gasteiger partial charge in [0, 0.05) is 10.8 Å². The van der Waals surface area contributed by atoms with Crippen molar-refractivity contribution in [1.29, 1.82) is 0 Å². The summed E-state index contributed by atoms with van der Waals surface area (Å²) < 4.78 is 52.6. The molecule has 2 rings (SSSR count). The maximum atomic E-state index is 14.1. The number of carbonyl (C=O) groups is 2. The largest absolute Gasteiger partial charge is 0.443 e. The fraction of sp³-hybridized carbons (Fsp3) is 0.450. The summed E-state index contributed by atoms with van der Waals surface area (Å²) >= 11 is 3.13. The molecule has 0 fully saturated rings. The van der Waals surface area contributed by atoms with Gasteiger partial charge in [0.15, 0.2) is 5.82 Å². The number of nitrogens with zero attached hydrogens (tertiary/aromatic N) is 2. The molecule has 0 atom stereocenters. The van der Waals surface area contributed by atoms with Crippen LogP contribution in [0, 0.1) is 0 Å². The predicted molar refractivity (Wildman–Crippen MR) is 109 cm³/mol. The Bertz CT molecular complexity index is 951. The first-order chi connectivity index (χ1) is 13.5. The Hall–Kier alpha value is -2.36. The summed E-state index contributed by atoms with van der Waals surface area (Å²) in [6.07, 6.45) is -7.60. The second kappa shape index (κ2) is 8.05. The fourth-order valence-electron chi connectivity index (χ4n) is 2.51. The molecule has 0 aliphatic heterocycles. The summed E-state index contributed by atoms with van der Waals surface area (Å²) in [4.78, 5) is 29.7. The summed E-state index contributed by atoms with van der Waals surface area (Å²) in [5, 5.41) is -0.0686. The van der Waals surface area contributed by atoms with Crippen molar-refractivity contribution in [3.05, 3.63) is 34.4 Å². The Balaban J connectivity index is 2.83. The van der Waals surface area contributed by atoms with Gasteiger partial charge in [0.05, 0.1) is 0 Å². The Morgan fingerprint density at radius 2 is 1.33 bits per heavy atom. The average Bonchev–Trinajstić information content (AvgIpc) is 2.50. The van der Waals surface area contributed by atoms with Crippen molar-refractivity contribution >= 4 is 44.7 Å². The lowest BCUT2D eigenvalue weighted by molar-refractivity contribution is -0.135. The minimum absolute atomic E-state index is 0.0261. The molecule has 2 amide bonds. The molecule has 164 valence electrons. The Morgan fingerprint density at radius 3 is 1.73 bits per heavy atom. The third-order valence-electron chi connectivity index (χ3n) is 3.49. The van der Waals surface area contributed by atoms with E-state index in [0.717, 1.165) is 0 Å². The van der Waals surface area contributed by atoms with Crippen molar-refractivity contribution in [1.82, 2.24) is 4.98 Å². The molecule has 6 nitrogen and oxygen atoms in total. The minimum Gasteiger partial charge on any atom is -0.443 e. The zero-order chi connectivity index (χ0) is 23.1. The smallest absolute Gasteiger partial charge is 0.425 e. The van der Waals surface area contributed by atoms with E-state index in [-0.39, 0.29) is 20.3 Å². The summed E-state index contributed by atoms with van der Waals surface area (Å²) in [5.74, 6) is -0.934. The number of carbonyl (C=O) groups excluding carboxylic acids is 2. The molecule has 2 aromatic rings. The molecule has 1 aromatic carbocycles. The van der Waals surface area contributed by atoms with Crippen LogP contribution in [0.1, 0.15) is 47.1 Å². The van der Waals surface area contributed by atoms with E-state index in [0.29, 0.717) is 0 Å². The molecule has 0 radical (unpaired) electrons. The highest BCUT2D eigenvalue weighted by molar-refractivity contribution is 9.10. The number of aromatic nitrogens is 1. The summed E-state index contributed by atoms with van der Waals surface area (Å²) in [5.41, 5.74) is -3.41. The van der Waals surface area contributed by atoms with Crippen LogP contribution in [-0.2, 0) is 15.7 Å². The summed E-state index contributed by atoms with van der Waals surface area (Å²) in [6, 6.07) is 5.64. The number of hydrogen-bond acceptors (Lipinski definition) is 5. The average molecular weight is 491 g/mol. The quantitative estimate of drug-likeness (QED) is 0.416. The van der Waals surface area contributed by atoms with Gasteiger partial charge in [0.1, 0.15) is 21.4 Å². The first-order valence-corrected chi connectivity index (χ1v) is 9.72. The van der Waals surface area contributed by atoms with Crippen molar-refractivity contribution in [2.24, 2.45) is 0 Å². The maximum absolute atomic E-state index is 14.1. The monoisotopic (exact) mass is 490 g/mol. The fourth-order valence-corrected chi connectivity index (χ4v) is 3.03. The number of benzene rings is 1. The number of hydrogen-bond donors (Lipinski definition) is 0. The van der Waals surface area contributed by atoms with Crippen LogP contribution in [0.3, 0.4) is 0 Å². The van der Waals surface area contributed by atoms with E-state index >= 15 is 0 Å². The molecule has 0 aliphatic carbocycles. The van der Waals surface area contributed by atoms with Crippen LogP contribution >= 0.6 is 15.9 Å². The SMILES string of the molecule is CC(C)(C)OC(=O)N(C(=O)OC(C)(C)C)c1nc(Br)c2ccccc2c1C(F)(F)F. The highest BCUT2D eigenvalue weighted by atomic mass is 79.9. The molecule has 10 heteroatoms. The van der Waals surface area contributed by atoms with E-state index in [1.165, 1.54) is 59.7 Å². The van der Waals surface area contributed by atoms with Gasteiger partial charge in [-0.2, -0.15) is 18.1 Å². The van der Waals surface area contributed by atoms with E-state index in [4.69, 9.17) is 9.47 Å². The highest BCUT2D eigenvalue weighted by Crippen LogP contribution is 2.43. The number of amides is 2. The number of pyridine rings is 1. The van der Waals surface area contributed by atoms with E-state index in [2.05, 4.69) is 20.9 Å². The van der Waals surface area contributed by atoms with Crippen LogP contribution in [0.25, 0.3) is 10.8 Å². The van der Waals surface area contributed by atoms with Gasteiger partial charge in [-0.1, -0.05) is 24.3 Å². The Labute approximate surface area is 180 Å². The number of imide groups is 1. The van der Waals surface area contributed by atoms with Crippen molar-refractivity contribution in [3.63, 3.8) is 0 Å². The lowest BCUT2D eigenvalue weighted by atomic mass is 10.1. The molecule has 0 aliphatic rings. The van der Waals surface area contributed by atoms with Crippen LogP contribution in [0.15, 0.2) is 28.9 Å². The lowest BCUT2D eigenvalue weighted by Gasteiger charge is -2.29. The van der Waals surface area contributed by atoms with E-state index in [9.17, 15) is 22.8 Å². The van der Waals surface area contributed by atoms with Crippen LogP contribution in [0.5, 0.6) is 0 Å². The van der Waals surface area contributed by atoms with Gasteiger partial charge >= 0.3 is 18.4 Å². The molecule has 0 saturated carbocycles. The molecule has 0 spiro atoms. The highest BCUT2D eigenvalue weighted by Gasteiger charge is 2.43. The Kier molecular flexibility index (Phi) is 6.42. The van der Waals surface area contributed by atoms with Crippen LogP contribution in [-0.4, -0.2) is 28.4 Å². The molecule has 1 aromatic heterocycles. The van der Waals surface area contributed by atoms with Crippen LogP contribution < -0.4 is 4.90 Å². The number of anilines is 1. The van der Waals surface area contributed by atoms with E-state index in [1.807, 2.05) is 0 Å². The number of ether oxygens (including phenoxy) is 2. The van der Waals surface area contributed by atoms with Gasteiger partial charge in [-0.3, -0.25) is 0 Å². The molecule has 30 heavy (non-hydrogen) atoms. The van der Waals surface area contributed by atoms with Gasteiger partial charge < -0.3 is 9.47 Å². The standard InChI is InChI=1S/C20H22BrF3N2O4/c1-18(2,3)29-16(27)26(17(28)30-19(4,5)6)15-13(20(22,23)24)11-9-7-8-10-12(11)14(21)25-15/h7-10H,1-6H3. The molecule has 0 unspecified atom stereocenters. The lowest BCUT2D eigenvalue weighted by Crippen LogP contribution is -2.45. The number of halogens is 4.